The Morgan fingerprint density at radius 1 is 1.53 bits per heavy atom. The van der Waals surface area contributed by atoms with Crippen molar-refractivity contribution in [2.45, 2.75) is 6.92 Å². The number of carbonyl (C=O) groups excluding carboxylic acids is 1. The molecule has 0 atom stereocenters. The van der Waals surface area contributed by atoms with Crippen LogP contribution in [0.5, 0.6) is 5.75 Å². The molecule has 2 N–H and O–H groups in total. The van der Waals surface area contributed by atoms with Crippen LogP contribution in [-0.2, 0) is 0 Å². The third-order valence-corrected chi connectivity index (χ3v) is 2.41. The van der Waals surface area contributed by atoms with E-state index in [1.165, 1.54) is 24.4 Å². The number of phenols is 1. The number of nitrogens with zero attached hydrogens (tertiary/aromatic N) is 2. The number of hydrogen-bond acceptors (Lipinski definition) is 6. The molecule has 1 aromatic heterocycles. The van der Waals surface area contributed by atoms with Crippen LogP contribution < -0.4 is 5.32 Å². The second-order valence-electron chi connectivity index (χ2n) is 3.72. The number of aromatic nitrogens is 1. The molecule has 2 aromatic rings. The normalized spacial score (nSPS) is 10.2. The van der Waals surface area contributed by atoms with Gasteiger partial charge >= 0.3 is 0 Å². The van der Waals surface area contributed by atoms with Crippen LogP contribution >= 0.6 is 0 Å². The zero-order valence-corrected chi connectivity index (χ0v) is 9.78. The van der Waals surface area contributed by atoms with Crippen molar-refractivity contribution in [2.24, 2.45) is 0 Å². The third-order valence-electron chi connectivity index (χ3n) is 2.41. The summed E-state index contributed by atoms with van der Waals surface area (Å²) in [6.45, 7) is 1.60. The van der Waals surface area contributed by atoms with Crippen molar-refractivity contribution in [1.29, 1.82) is 0 Å². The Balaban J connectivity index is 2.36. The van der Waals surface area contributed by atoms with Gasteiger partial charge in [0, 0.05) is 11.6 Å². The predicted octanol–water partition coefficient (Wildman–Crippen LogP) is 1.85. The molecule has 98 valence electrons. The number of carbonyl (C=O) groups is 1. The smallest absolute Gasteiger partial charge is 0.296 e. The van der Waals surface area contributed by atoms with Gasteiger partial charge in [-0.3, -0.25) is 14.9 Å². The maximum atomic E-state index is 11.8. The van der Waals surface area contributed by atoms with E-state index in [4.69, 9.17) is 4.52 Å². The van der Waals surface area contributed by atoms with Gasteiger partial charge < -0.3 is 14.9 Å². The highest BCUT2D eigenvalue weighted by atomic mass is 16.6. The minimum absolute atomic E-state index is 0.0717. The van der Waals surface area contributed by atoms with Crippen LogP contribution in [0.2, 0.25) is 0 Å². The zero-order valence-electron chi connectivity index (χ0n) is 9.78. The van der Waals surface area contributed by atoms with Gasteiger partial charge in [0.1, 0.15) is 5.75 Å². The molecular weight excluding hydrogens is 254 g/mol. The highest BCUT2D eigenvalue weighted by molar-refractivity contribution is 6.05. The van der Waals surface area contributed by atoms with Gasteiger partial charge in [-0.1, -0.05) is 11.2 Å². The summed E-state index contributed by atoms with van der Waals surface area (Å²) in [7, 11) is 0. The van der Waals surface area contributed by atoms with E-state index in [1.807, 2.05) is 0 Å². The summed E-state index contributed by atoms with van der Waals surface area (Å²) < 4.78 is 4.72. The molecule has 0 aliphatic carbocycles. The van der Waals surface area contributed by atoms with Crippen molar-refractivity contribution in [3.05, 3.63) is 45.8 Å². The van der Waals surface area contributed by atoms with Gasteiger partial charge in [0.25, 0.3) is 11.6 Å². The SMILES string of the molecule is Cc1cnoc1C(=O)Nc1c(O)cccc1[N+](=O)[O-]. The first-order valence-corrected chi connectivity index (χ1v) is 5.19. The first kappa shape index (κ1) is 12.6. The van der Waals surface area contributed by atoms with Crippen molar-refractivity contribution >= 4 is 17.3 Å². The molecule has 0 radical (unpaired) electrons. The average Bonchev–Trinajstić information content (AvgIpc) is 2.77. The minimum atomic E-state index is -0.723. The standard InChI is InChI=1S/C11H9N3O5/c1-6-5-12-19-10(6)11(16)13-9-7(14(17)18)3-2-4-8(9)15/h2-5,15H,1H3,(H,13,16). The molecule has 1 aromatic carbocycles. The predicted molar refractivity (Wildman–Crippen MR) is 64.0 cm³/mol. The number of amides is 1. The second-order valence-corrected chi connectivity index (χ2v) is 3.72. The van der Waals surface area contributed by atoms with Crippen molar-refractivity contribution in [3.8, 4) is 5.75 Å². The molecular formula is C11H9N3O5. The molecule has 0 bridgehead atoms. The number of phenolic OH excluding ortho intramolecular Hbond substituents is 1. The molecule has 19 heavy (non-hydrogen) atoms. The second kappa shape index (κ2) is 4.77. The van der Waals surface area contributed by atoms with Crippen molar-refractivity contribution in [1.82, 2.24) is 5.16 Å². The number of aromatic hydroxyl groups is 1. The molecule has 0 aliphatic rings. The number of nitro benzene ring substituents is 1. The number of nitro groups is 1. The van der Waals surface area contributed by atoms with Crippen LogP contribution in [-0.4, -0.2) is 21.1 Å². The fraction of sp³-hybridized carbons (Fsp3) is 0.0909. The summed E-state index contributed by atoms with van der Waals surface area (Å²) in [4.78, 5) is 22.0. The van der Waals surface area contributed by atoms with Gasteiger partial charge in [-0.2, -0.15) is 0 Å². The van der Waals surface area contributed by atoms with Crippen molar-refractivity contribution in [2.75, 3.05) is 5.32 Å². The molecule has 1 heterocycles. The highest BCUT2D eigenvalue weighted by Crippen LogP contribution is 2.33. The molecule has 8 nitrogen and oxygen atoms in total. The first-order chi connectivity index (χ1) is 9.00. The maximum absolute atomic E-state index is 11.8. The fourth-order valence-electron chi connectivity index (χ4n) is 1.49. The summed E-state index contributed by atoms with van der Waals surface area (Å²) in [6.07, 6.45) is 1.34. The molecule has 1 amide bonds. The molecule has 0 unspecified atom stereocenters. The van der Waals surface area contributed by atoms with Crippen LogP contribution in [0.15, 0.2) is 28.9 Å². The number of hydrogen-bond donors (Lipinski definition) is 2. The lowest BCUT2D eigenvalue weighted by molar-refractivity contribution is -0.384. The van der Waals surface area contributed by atoms with Crippen LogP contribution in [0.1, 0.15) is 16.1 Å². The van der Waals surface area contributed by atoms with Gasteiger partial charge in [-0.25, -0.2) is 0 Å². The van der Waals surface area contributed by atoms with E-state index < -0.39 is 22.3 Å². The molecule has 0 saturated heterocycles. The Bertz CT molecular complexity index is 650. The van der Waals surface area contributed by atoms with Gasteiger partial charge in [-0.05, 0) is 13.0 Å². The third kappa shape index (κ3) is 2.37. The monoisotopic (exact) mass is 263 g/mol. The van der Waals surface area contributed by atoms with Crippen LogP contribution in [0.4, 0.5) is 11.4 Å². The van der Waals surface area contributed by atoms with Gasteiger partial charge in [0.2, 0.25) is 5.76 Å². The molecule has 8 heteroatoms. The Hall–Kier alpha value is -2.90. The van der Waals surface area contributed by atoms with Gasteiger partial charge in [-0.15, -0.1) is 0 Å². The first-order valence-electron chi connectivity index (χ1n) is 5.19. The lowest BCUT2D eigenvalue weighted by atomic mass is 10.2. The minimum Gasteiger partial charge on any atom is -0.505 e. The summed E-state index contributed by atoms with van der Waals surface area (Å²) in [5, 5.41) is 26.1. The number of benzene rings is 1. The molecule has 0 saturated carbocycles. The summed E-state index contributed by atoms with van der Waals surface area (Å²) in [6, 6.07) is 3.71. The Morgan fingerprint density at radius 2 is 2.26 bits per heavy atom. The Morgan fingerprint density at radius 3 is 2.84 bits per heavy atom. The molecule has 0 aliphatic heterocycles. The van der Waals surface area contributed by atoms with E-state index in [0.29, 0.717) is 5.56 Å². The maximum Gasteiger partial charge on any atom is 0.296 e. The Labute approximate surface area is 106 Å². The highest BCUT2D eigenvalue weighted by Gasteiger charge is 2.22. The quantitative estimate of drug-likeness (QED) is 0.495. The van der Waals surface area contributed by atoms with Crippen LogP contribution in [0, 0.1) is 17.0 Å². The topological polar surface area (TPSA) is 118 Å². The van der Waals surface area contributed by atoms with Crippen LogP contribution in [0.25, 0.3) is 0 Å². The van der Waals surface area contributed by atoms with E-state index in [-0.39, 0.29) is 11.4 Å². The average molecular weight is 263 g/mol. The lowest BCUT2D eigenvalue weighted by Crippen LogP contribution is -2.13. The van der Waals surface area contributed by atoms with E-state index in [2.05, 4.69) is 10.5 Å². The number of aryl methyl sites for hydroxylation is 1. The molecule has 2 rings (SSSR count). The van der Waals surface area contributed by atoms with Gasteiger partial charge in [0.05, 0.1) is 11.1 Å². The molecule has 0 spiro atoms. The number of anilines is 1. The number of rotatable bonds is 3. The van der Waals surface area contributed by atoms with Crippen LogP contribution in [0.3, 0.4) is 0 Å². The Kier molecular flexibility index (Phi) is 3.15. The number of para-hydroxylation sites is 1. The summed E-state index contributed by atoms with van der Waals surface area (Å²) in [5.41, 5.74) is -0.214. The van der Waals surface area contributed by atoms with Crippen molar-refractivity contribution < 1.29 is 19.3 Å². The fourth-order valence-corrected chi connectivity index (χ4v) is 1.49. The van der Waals surface area contributed by atoms with E-state index in [0.717, 1.165) is 0 Å². The summed E-state index contributed by atoms with van der Waals surface area (Å²) in [5.74, 6) is -1.20. The lowest BCUT2D eigenvalue weighted by Gasteiger charge is -2.06. The largest absolute Gasteiger partial charge is 0.505 e. The number of nitrogens with one attached hydrogen (secondary N) is 1. The zero-order chi connectivity index (χ0) is 14.0. The van der Waals surface area contributed by atoms with E-state index >= 15 is 0 Å². The molecule has 0 fully saturated rings. The van der Waals surface area contributed by atoms with Gasteiger partial charge in [0.15, 0.2) is 5.69 Å². The van der Waals surface area contributed by atoms with E-state index in [1.54, 1.807) is 6.92 Å². The van der Waals surface area contributed by atoms with E-state index in [9.17, 15) is 20.0 Å². The summed E-state index contributed by atoms with van der Waals surface area (Å²) >= 11 is 0. The van der Waals surface area contributed by atoms with Crippen molar-refractivity contribution in [3.63, 3.8) is 0 Å².